The highest BCUT2D eigenvalue weighted by atomic mass is 16.3. The summed E-state index contributed by atoms with van der Waals surface area (Å²) < 4.78 is 5.14. The van der Waals surface area contributed by atoms with Gasteiger partial charge in [-0.1, -0.05) is 66.7 Å². The quantitative estimate of drug-likeness (QED) is 0.417. The van der Waals surface area contributed by atoms with Gasteiger partial charge in [0.1, 0.15) is 0 Å². The van der Waals surface area contributed by atoms with E-state index in [1.54, 1.807) is 24.3 Å². The fourth-order valence-electron chi connectivity index (χ4n) is 3.59. The van der Waals surface area contributed by atoms with Gasteiger partial charge in [0.15, 0.2) is 5.76 Å². The predicted octanol–water partition coefficient (Wildman–Crippen LogP) is 5.40. The van der Waals surface area contributed by atoms with Crippen molar-refractivity contribution in [1.82, 2.24) is 5.32 Å². The van der Waals surface area contributed by atoms with Gasteiger partial charge >= 0.3 is 0 Å². The topological polar surface area (TPSA) is 71.3 Å². The van der Waals surface area contributed by atoms with E-state index in [0.717, 1.165) is 16.7 Å². The zero-order valence-corrected chi connectivity index (χ0v) is 17.7. The lowest BCUT2D eigenvalue weighted by Gasteiger charge is -2.19. The minimum atomic E-state index is -0.358. The Balaban J connectivity index is 1.50. The second-order valence-electron chi connectivity index (χ2n) is 7.55. The highest BCUT2D eigenvalue weighted by molar-refractivity contribution is 6.03. The summed E-state index contributed by atoms with van der Waals surface area (Å²) in [5, 5.41) is 5.87. The van der Waals surface area contributed by atoms with Gasteiger partial charge in [-0.3, -0.25) is 9.59 Å². The third-order valence-corrected chi connectivity index (χ3v) is 5.36. The molecule has 2 N–H and O–H groups in total. The molecule has 32 heavy (non-hydrogen) atoms. The molecule has 0 fully saturated rings. The average molecular weight is 425 g/mol. The van der Waals surface area contributed by atoms with Gasteiger partial charge in [0, 0.05) is 23.7 Å². The second kappa shape index (κ2) is 9.79. The number of benzene rings is 3. The van der Waals surface area contributed by atoms with Crippen LogP contribution >= 0.6 is 0 Å². The zero-order valence-electron chi connectivity index (χ0n) is 17.7. The summed E-state index contributed by atoms with van der Waals surface area (Å²) in [7, 11) is 0. The molecular weight excluding hydrogens is 400 g/mol. The molecular formula is C27H24N2O3. The van der Waals surface area contributed by atoms with Crippen molar-refractivity contribution in [3.63, 3.8) is 0 Å². The van der Waals surface area contributed by atoms with Crippen LogP contribution in [0.2, 0.25) is 0 Å². The van der Waals surface area contributed by atoms with Crippen molar-refractivity contribution in [3.8, 4) is 0 Å². The van der Waals surface area contributed by atoms with E-state index < -0.39 is 0 Å². The average Bonchev–Trinajstić information content (AvgIpc) is 3.37. The molecule has 0 radical (unpaired) electrons. The Hall–Kier alpha value is -4.12. The second-order valence-corrected chi connectivity index (χ2v) is 7.55. The van der Waals surface area contributed by atoms with Gasteiger partial charge in [0.05, 0.1) is 6.26 Å². The van der Waals surface area contributed by atoms with Crippen LogP contribution in [0.4, 0.5) is 5.69 Å². The van der Waals surface area contributed by atoms with E-state index in [2.05, 4.69) is 34.9 Å². The smallest absolute Gasteiger partial charge is 0.291 e. The van der Waals surface area contributed by atoms with Crippen LogP contribution in [0.5, 0.6) is 0 Å². The highest BCUT2D eigenvalue weighted by Gasteiger charge is 2.17. The first-order valence-electron chi connectivity index (χ1n) is 10.5. The summed E-state index contributed by atoms with van der Waals surface area (Å²) >= 11 is 0. The predicted molar refractivity (Wildman–Crippen MR) is 125 cm³/mol. The minimum Gasteiger partial charge on any atom is -0.459 e. The number of amides is 2. The van der Waals surface area contributed by atoms with Crippen molar-refractivity contribution < 1.29 is 14.0 Å². The summed E-state index contributed by atoms with van der Waals surface area (Å²) in [6.45, 7) is 2.33. The van der Waals surface area contributed by atoms with Gasteiger partial charge in [-0.05, 0) is 47.9 Å². The fourth-order valence-corrected chi connectivity index (χ4v) is 3.59. The normalized spacial score (nSPS) is 10.7. The summed E-state index contributed by atoms with van der Waals surface area (Å²) in [4.78, 5) is 25.3. The van der Waals surface area contributed by atoms with E-state index >= 15 is 0 Å². The molecule has 3 aromatic carbocycles. The maximum absolute atomic E-state index is 12.9. The van der Waals surface area contributed by atoms with Gasteiger partial charge in [-0.15, -0.1) is 0 Å². The number of carbonyl (C=O) groups is 2. The highest BCUT2D eigenvalue weighted by Crippen LogP contribution is 2.24. The van der Waals surface area contributed by atoms with Crippen LogP contribution in [0.3, 0.4) is 0 Å². The summed E-state index contributed by atoms with van der Waals surface area (Å²) in [6, 6.07) is 28.7. The van der Waals surface area contributed by atoms with E-state index in [1.165, 1.54) is 6.26 Å². The largest absolute Gasteiger partial charge is 0.459 e. The van der Waals surface area contributed by atoms with E-state index in [0.29, 0.717) is 17.8 Å². The van der Waals surface area contributed by atoms with Crippen molar-refractivity contribution in [3.05, 3.63) is 125 Å². The molecule has 0 unspecified atom stereocenters. The molecule has 0 spiro atoms. The summed E-state index contributed by atoms with van der Waals surface area (Å²) in [5.74, 6) is -0.308. The number of rotatable bonds is 7. The molecule has 4 aromatic rings. The van der Waals surface area contributed by atoms with Crippen LogP contribution in [0.25, 0.3) is 0 Å². The molecule has 4 rings (SSSR count). The van der Waals surface area contributed by atoms with Crippen molar-refractivity contribution in [2.45, 2.75) is 12.8 Å². The number of hydrogen-bond donors (Lipinski definition) is 2. The monoisotopic (exact) mass is 424 g/mol. The van der Waals surface area contributed by atoms with Crippen molar-refractivity contribution in [2.75, 3.05) is 11.9 Å². The SMILES string of the molecule is Cc1ccc(C(=O)NCC(c2ccccc2)c2ccccc2)cc1NC(=O)c1ccco1. The molecule has 0 aliphatic heterocycles. The maximum atomic E-state index is 12.9. The Bertz CT molecular complexity index is 1150. The van der Waals surface area contributed by atoms with E-state index in [1.807, 2.05) is 49.4 Å². The van der Waals surface area contributed by atoms with E-state index in [9.17, 15) is 9.59 Å². The Morgan fingerprint density at radius 3 is 2.06 bits per heavy atom. The van der Waals surface area contributed by atoms with Crippen LogP contribution in [0, 0.1) is 6.92 Å². The summed E-state index contributed by atoms with van der Waals surface area (Å²) in [5.41, 5.74) is 4.17. The third kappa shape index (κ3) is 4.95. The number of nitrogens with one attached hydrogen (secondary N) is 2. The van der Waals surface area contributed by atoms with Crippen LogP contribution in [-0.2, 0) is 0 Å². The van der Waals surface area contributed by atoms with Gasteiger partial charge in [0.25, 0.3) is 11.8 Å². The summed E-state index contributed by atoms with van der Waals surface area (Å²) in [6.07, 6.45) is 1.45. The number of aryl methyl sites for hydroxylation is 1. The van der Waals surface area contributed by atoms with E-state index in [-0.39, 0.29) is 23.5 Å². The van der Waals surface area contributed by atoms with Crippen molar-refractivity contribution in [1.29, 1.82) is 0 Å². The first-order valence-corrected chi connectivity index (χ1v) is 10.5. The molecule has 0 saturated heterocycles. The van der Waals surface area contributed by atoms with Crippen LogP contribution in [0.15, 0.2) is 102 Å². The van der Waals surface area contributed by atoms with Gasteiger partial charge in [0.2, 0.25) is 0 Å². The molecule has 160 valence electrons. The molecule has 0 aliphatic rings. The molecule has 0 atom stereocenters. The number of hydrogen-bond acceptors (Lipinski definition) is 3. The molecule has 1 heterocycles. The Morgan fingerprint density at radius 2 is 1.47 bits per heavy atom. The van der Waals surface area contributed by atoms with E-state index in [4.69, 9.17) is 4.42 Å². The van der Waals surface area contributed by atoms with Crippen LogP contribution in [0.1, 0.15) is 43.5 Å². The van der Waals surface area contributed by atoms with Crippen LogP contribution in [-0.4, -0.2) is 18.4 Å². The fraction of sp³-hybridized carbons (Fsp3) is 0.111. The standard InChI is InChI=1S/C27H24N2O3/c1-19-14-15-22(17-24(19)29-27(31)25-13-8-16-32-25)26(30)28-18-23(20-9-4-2-5-10-20)21-11-6-3-7-12-21/h2-17,23H,18H2,1H3,(H,28,30)(H,29,31). The van der Waals surface area contributed by atoms with Gasteiger partial charge in [-0.25, -0.2) is 0 Å². The van der Waals surface area contributed by atoms with Gasteiger partial charge < -0.3 is 15.1 Å². The number of furan rings is 1. The molecule has 2 amide bonds. The first kappa shape index (κ1) is 21.1. The lowest BCUT2D eigenvalue weighted by atomic mass is 9.91. The number of anilines is 1. The lowest BCUT2D eigenvalue weighted by molar-refractivity contribution is 0.0950. The third-order valence-electron chi connectivity index (χ3n) is 5.36. The number of carbonyl (C=O) groups excluding carboxylic acids is 2. The molecule has 0 saturated carbocycles. The first-order chi connectivity index (χ1) is 15.6. The molecule has 5 nitrogen and oxygen atoms in total. The lowest BCUT2D eigenvalue weighted by Crippen LogP contribution is -2.29. The maximum Gasteiger partial charge on any atom is 0.291 e. The molecule has 1 aromatic heterocycles. The zero-order chi connectivity index (χ0) is 22.3. The van der Waals surface area contributed by atoms with Crippen molar-refractivity contribution >= 4 is 17.5 Å². The molecule has 5 heteroatoms. The van der Waals surface area contributed by atoms with Gasteiger partial charge in [-0.2, -0.15) is 0 Å². The molecule has 0 aliphatic carbocycles. The Morgan fingerprint density at radius 1 is 0.812 bits per heavy atom. The minimum absolute atomic E-state index is 0.0323. The molecule has 0 bridgehead atoms. The van der Waals surface area contributed by atoms with Crippen molar-refractivity contribution in [2.24, 2.45) is 0 Å². The Labute approximate surface area is 187 Å². The Kier molecular flexibility index (Phi) is 6.46. The van der Waals surface area contributed by atoms with Crippen LogP contribution < -0.4 is 10.6 Å².